The molecule has 18 heavy (non-hydrogen) atoms. The molecule has 0 spiro atoms. The van der Waals surface area contributed by atoms with Gasteiger partial charge in [0.25, 0.3) is 11.8 Å². The van der Waals surface area contributed by atoms with Crippen molar-refractivity contribution >= 4 is 23.8 Å². The van der Waals surface area contributed by atoms with Gasteiger partial charge in [-0.1, -0.05) is 6.07 Å². The van der Waals surface area contributed by atoms with E-state index in [2.05, 4.69) is 10.6 Å². The Balaban J connectivity index is 2.12. The molecule has 0 bridgehead atoms. The van der Waals surface area contributed by atoms with Gasteiger partial charge >= 0.3 is 0 Å². The SMILES string of the molecule is CC1Oc2ccc(CNC(=O)C=O)cc2NC1=O. The van der Waals surface area contributed by atoms with Crippen LogP contribution in [0.4, 0.5) is 5.69 Å². The van der Waals surface area contributed by atoms with Crippen LogP contribution in [0.1, 0.15) is 12.5 Å². The smallest absolute Gasteiger partial charge is 0.284 e. The average Bonchev–Trinajstić information content (AvgIpc) is 2.37. The number of nitrogens with one attached hydrogen (secondary N) is 2. The molecule has 1 heterocycles. The molecule has 2 amide bonds. The molecule has 94 valence electrons. The number of amides is 2. The number of anilines is 1. The van der Waals surface area contributed by atoms with Gasteiger partial charge in [-0.15, -0.1) is 0 Å². The number of fused-ring (bicyclic) bond motifs is 1. The molecule has 0 radical (unpaired) electrons. The monoisotopic (exact) mass is 248 g/mol. The van der Waals surface area contributed by atoms with Crippen LogP contribution in [0.15, 0.2) is 18.2 Å². The maximum absolute atomic E-state index is 11.4. The fourth-order valence-corrected chi connectivity index (χ4v) is 1.60. The van der Waals surface area contributed by atoms with Gasteiger partial charge in [-0.05, 0) is 24.6 Å². The van der Waals surface area contributed by atoms with E-state index in [1.165, 1.54) is 0 Å². The largest absolute Gasteiger partial charge is 0.479 e. The summed E-state index contributed by atoms with van der Waals surface area (Å²) in [5.74, 6) is -0.300. The molecule has 1 unspecified atom stereocenters. The minimum Gasteiger partial charge on any atom is -0.479 e. The van der Waals surface area contributed by atoms with Crippen LogP contribution in [-0.4, -0.2) is 24.2 Å². The maximum atomic E-state index is 11.4. The van der Waals surface area contributed by atoms with Gasteiger partial charge < -0.3 is 15.4 Å². The second kappa shape index (κ2) is 4.87. The first kappa shape index (κ1) is 12.1. The first-order valence-corrected chi connectivity index (χ1v) is 5.43. The van der Waals surface area contributed by atoms with Crippen LogP contribution in [-0.2, 0) is 20.9 Å². The second-order valence-corrected chi connectivity index (χ2v) is 3.92. The minimum absolute atomic E-state index is 0.212. The molecule has 6 nitrogen and oxygen atoms in total. The number of carbonyl (C=O) groups excluding carboxylic acids is 3. The van der Waals surface area contributed by atoms with Crippen LogP contribution in [0, 0.1) is 0 Å². The number of ether oxygens (including phenoxy) is 1. The molecule has 2 rings (SSSR count). The zero-order valence-electron chi connectivity index (χ0n) is 9.73. The van der Waals surface area contributed by atoms with Crippen molar-refractivity contribution in [1.82, 2.24) is 5.32 Å². The van der Waals surface area contributed by atoms with E-state index < -0.39 is 12.0 Å². The van der Waals surface area contributed by atoms with Crippen LogP contribution in [0.2, 0.25) is 0 Å². The number of aldehydes is 1. The summed E-state index contributed by atoms with van der Waals surface area (Å²) in [5.41, 5.74) is 1.33. The first-order chi connectivity index (χ1) is 8.60. The summed E-state index contributed by atoms with van der Waals surface area (Å²) in [6.45, 7) is 1.88. The van der Waals surface area contributed by atoms with Crippen LogP contribution >= 0.6 is 0 Å². The summed E-state index contributed by atoms with van der Waals surface area (Å²) < 4.78 is 5.39. The highest BCUT2D eigenvalue weighted by Gasteiger charge is 2.23. The highest BCUT2D eigenvalue weighted by atomic mass is 16.5. The fourth-order valence-electron chi connectivity index (χ4n) is 1.60. The van der Waals surface area contributed by atoms with Crippen molar-refractivity contribution < 1.29 is 19.1 Å². The number of carbonyl (C=O) groups is 3. The van der Waals surface area contributed by atoms with Gasteiger partial charge in [-0.3, -0.25) is 14.4 Å². The summed E-state index contributed by atoms with van der Waals surface area (Å²) in [4.78, 5) is 32.4. The Morgan fingerprint density at radius 3 is 3.06 bits per heavy atom. The molecular weight excluding hydrogens is 236 g/mol. The first-order valence-electron chi connectivity index (χ1n) is 5.43. The van der Waals surface area contributed by atoms with Crippen molar-refractivity contribution in [2.45, 2.75) is 19.6 Å². The molecule has 1 atom stereocenters. The van der Waals surface area contributed by atoms with Crippen molar-refractivity contribution in [3.8, 4) is 5.75 Å². The lowest BCUT2D eigenvalue weighted by molar-refractivity contribution is -0.131. The topological polar surface area (TPSA) is 84.5 Å². The minimum atomic E-state index is -0.679. The number of benzene rings is 1. The summed E-state index contributed by atoms with van der Waals surface area (Å²) >= 11 is 0. The van der Waals surface area contributed by atoms with Crippen LogP contribution in [0.3, 0.4) is 0 Å². The third-order valence-corrected chi connectivity index (χ3v) is 2.55. The van der Waals surface area contributed by atoms with Crippen molar-refractivity contribution in [3.05, 3.63) is 23.8 Å². The Hall–Kier alpha value is -2.37. The van der Waals surface area contributed by atoms with Gasteiger partial charge in [-0.2, -0.15) is 0 Å². The number of rotatable bonds is 3. The molecule has 0 aliphatic carbocycles. The lowest BCUT2D eigenvalue weighted by atomic mass is 10.1. The molecule has 1 aliphatic heterocycles. The van der Waals surface area contributed by atoms with E-state index in [-0.39, 0.29) is 18.7 Å². The van der Waals surface area contributed by atoms with E-state index in [4.69, 9.17) is 4.74 Å². The van der Waals surface area contributed by atoms with Gasteiger partial charge in [0, 0.05) is 6.54 Å². The van der Waals surface area contributed by atoms with Crippen molar-refractivity contribution in [3.63, 3.8) is 0 Å². The lowest BCUT2D eigenvalue weighted by Gasteiger charge is -2.23. The van der Waals surface area contributed by atoms with Crippen LogP contribution < -0.4 is 15.4 Å². The highest BCUT2D eigenvalue weighted by molar-refractivity contribution is 6.23. The maximum Gasteiger partial charge on any atom is 0.284 e. The number of hydrogen-bond donors (Lipinski definition) is 2. The lowest BCUT2D eigenvalue weighted by Crippen LogP contribution is -2.34. The Bertz CT molecular complexity index is 513. The van der Waals surface area contributed by atoms with Crippen molar-refractivity contribution in [2.24, 2.45) is 0 Å². The zero-order chi connectivity index (χ0) is 13.1. The molecule has 2 N–H and O–H groups in total. The van der Waals surface area contributed by atoms with Gasteiger partial charge in [0.05, 0.1) is 5.69 Å². The molecule has 0 saturated carbocycles. The fraction of sp³-hybridized carbons (Fsp3) is 0.250. The predicted molar refractivity (Wildman–Crippen MR) is 63.1 cm³/mol. The Kier molecular flexibility index (Phi) is 3.27. The Morgan fingerprint density at radius 2 is 2.33 bits per heavy atom. The third-order valence-electron chi connectivity index (χ3n) is 2.55. The molecule has 1 aliphatic rings. The average molecular weight is 248 g/mol. The van der Waals surface area contributed by atoms with E-state index in [0.717, 1.165) is 5.56 Å². The predicted octanol–water partition coefficient (Wildman–Crippen LogP) is 0.221. The van der Waals surface area contributed by atoms with Crippen LogP contribution in [0.5, 0.6) is 5.75 Å². The molecule has 0 saturated heterocycles. The van der Waals surface area contributed by atoms with E-state index in [1.807, 2.05) is 0 Å². The summed E-state index contributed by atoms with van der Waals surface area (Å²) in [7, 11) is 0. The second-order valence-electron chi connectivity index (χ2n) is 3.92. The van der Waals surface area contributed by atoms with Gasteiger partial charge in [0.15, 0.2) is 6.10 Å². The highest BCUT2D eigenvalue weighted by Crippen LogP contribution is 2.30. The zero-order valence-corrected chi connectivity index (χ0v) is 9.73. The molecule has 0 aromatic heterocycles. The quantitative estimate of drug-likeness (QED) is 0.592. The van der Waals surface area contributed by atoms with Gasteiger partial charge in [-0.25, -0.2) is 0 Å². The van der Waals surface area contributed by atoms with Crippen LogP contribution in [0.25, 0.3) is 0 Å². The van der Waals surface area contributed by atoms with Gasteiger partial charge in [0.1, 0.15) is 5.75 Å². The molecule has 0 fully saturated rings. The summed E-state index contributed by atoms with van der Waals surface area (Å²) in [5, 5.41) is 5.12. The van der Waals surface area contributed by atoms with E-state index in [9.17, 15) is 14.4 Å². The van der Waals surface area contributed by atoms with Crippen molar-refractivity contribution in [2.75, 3.05) is 5.32 Å². The standard InChI is InChI=1S/C12H12N2O4/c1-7-12(17)14-9-4-8(2-3-10(9)18-7)5-13-11(16)6-15/h2-4,6-7H,5H2,1H3,(H,13,16)(H,14,17). The summed E-state index contributed by atoms with van der Waals surface area (Å²) in [6.07, 6.45) is -0.302. The number of hydrogen-bond acceptors (Lipinski definition) is 4. The normalized spacial score (nSPS) is 17.2. The van der Waals surface area contributed by atoms with Gasteiger partial charge in [0.2, 0.25) is 6.29 Å². The molecule has 1 aromatic rings. The summed E-state index contributed by atoms with van der Waals surface area (Å²) in [6, 6.07) is 5.17. The third kappa shape index (κ3) is 2.48. The van der Waals surface area contributed by atoms with E-state index in [1.54, 1.807) is 25.1 Å². The molecular formula is C12H12N2O4. The van der Waals surface area contributed by atoms with Crippen molar-refractivity contribution in [1.29, 1.82) is 0 Å². The molecule has 1 aromatic carbocycles. The Labute approximate surface area is 103 Å². The molecule has 6 heteroatoms. The van der Waals surface area contributed by atoms with E-state index in [0.29, 0.717) is 11.4 Å². The Morgan fingerprint density at radius 1 is 1.56 bits per heavy atom. The van der Waals surface area contributed by atoms with E-state index >= 15 is 0 Å².